The molecule has 2 aliphatic rings. The van der Waals surface area contributed by atoms with Crippen molar-refractivity contribution in [3.63, 3.8) is 0 Å². The van der Waals surface area contributed by atoms with Gasteiger partial charge in [0, 0.05) is 12.6 Å². The van der Waals surface area contributed by atoms with Crippen LogP contribution in [0.25, 0.3) is 0 Å². The Morgan fingerprint density at radius 3 is 2.76 bits per heavy atom. The maximum atomic E-state index is 11.4. The molecule has 0 atom stereocenters. The van der Waals surface area contributed by atoms with Gasteiger partial charge in [-0.25, -0.2) is 8.42 Å². The maximum absolute atomic E-state index is 11.4. The zero-order chi connectivity index (χ0) is 14.9. The summed E-state index contributed by atoms with van der Waals surface area (Å²) >= 11 is 0. The minimum absolute atomic E-state index is 0.211. The maximum Gasteiger partial charge on any atom is 0.231 e. The molecule has 116 valence electrons. The van der Waals surface area contributed by atoms with E-state index in [1.165, 1.54) is 0 Å². The summed E-state index contributed by atoms with van der Waals surface area (Å²) in [7, 11) is -1.22. The molecule has 6 nitrogen and oxygen atoms in total. The van der Waals surface area contributed by atoms with Gasteiger partial charge in [-0.15, -0.1) is 0 Å². The molecule has 1 fully saturated rings. The monoisotopic (exact) mass is 313 g/mol. The summed E-state index contributed by atoms with van der Waals surface area (Å²) in [6, 6.07) is 4.09. The van der Waals surface area contributed by atoms with Crippen molar-refractivity contribution in [2.45, 2.75) is 25.4 Å². The largest absolute Gasteiger partial charge is 0.493 e. The number of hydrogen-bond acceptors (Lipinski definition) is 6. The molecule has 1 aromatic carbocycles. The highest BCUT2D eigenvalue weighted by atomic mass is 32.2. The van der Waals surface area contributed by atoms with Crippen LogP contribution in [0.1, 0.15) is 18.4 Å². The van der Waals surface area contributed by atoms with Gasteiger partial charge in [0.2, 0.25) is 12.5 Å². The second kappa shape index (κ2) is 5.73. The van der Waals surface area contributed by atoms with E-state index in [0.29, 0.717) is 36.6 Å². The fourth-order valence-electron chi connectivity index (χ4n) is 2.64. The fraction of sp³-hybridized carbons (Fsp3) is 0.571. The molecule has 0 amide bonds. The van der Waals surface area contributed by atoms with Crippen LogP contribution in [0.4, 0.5) is 0 Å². The Hall–Kier alpha value is -1.47. The Kier molecular flexibility index (Phi) is 3.95. The summed E-state index contributed by atoms with van der Waals surface area (Å²) < 4.78 is 38.9. The Bertz CT molecular complexity index is 614. The number of hydrogen-bond donors (Lipinski definition) is 1. The fourth-order valence-corrected chi connectivity index (χ4v) is 4.13. The van der Waals surface area contributed by atoms with Crippen LogP contribution in [0.3, 0.4) is 0 Å². The first-order valence-corrected chi connectivity index (χ1v) is 8.80. The highest BCUT2D eigenvalue weighted by Gasteiger charge is 2.24. The van der Waals surface area contributed by atoms with Crippen LogP contribution >= 0.6 is 0 Å². The molecule has 1 aromatic rings. The first-order valence-electron chi connectivity index (χ1n) is 6.98. The summed E-state index contributed by atoms with van der Waals surface area (Å²) in [4.78, 5) is 0. The van der Waals surface area contributed by atoms with E-state index in [0.717, 1.165) is 5.56 Å². The Morgan fingerprint density at radius 2 is 2.05 bits per heavy atom. The number of rotatable bonds is 4. The van der Waals surface area contributed by atoms with Crippen LogP contribution in [0, 0.1) is 0 Å². The van der Waals surface area contributed by atoms with E-state index >= 15 is 0 Å². The molecule has 0 aliphatic carbocycles. The van der Waals surface area contributed by atoms with Gasteiger partial charge < -0.3 is 19.5 Å². The predicted molar refractivity (Wildman–Crippen MR) is 77.6 cm³/mol. The van der Waals surface area contributed by atoms with Gasteiger partial charge in [0.1, 0.15) is 9.84 Å². The van der Waals surface area contributed by atoms with Crippen molar-refractivity contribution in [3.05, 3.63) is 17.7 Å². The quantitative estimate of drug-likeness (QED) is 0.897. The molecule has 2 aliphatic heterocycles. The van der Waals surface area contributed by atoms with Gasteiger partial charge in [0.25, 0.3) is 0 Å². The molecule has 21 heavy (non-hydrogen) atoms. The van der Waals surface area contributed by atoms with Crippen molar-refractivity contribution in [1.82, 2.24) is 5.32 Å². The lowest BCUT2D eigenvalue weighted by molar-refractivity contribution is 0.171. The van der Waals surface area contributed by atoms with Gasteiger partial charge in [-0.2, -0.15) is 0 Å². The van der Waals surface area contributed by atoms with Crippen LogP contribution < -0.4 is 19.5 Å². The zero-order valence-corrected chi connectivity index (χ0v) is 12.7. The first kappa shape index (κ1) is 14.5. The molecule has 0 unspecified atom stereocenters. The third-order valence-electron chi connectivity index (χ3n) is 3.87. The average Bonchev–Trinajstić information content (AvgIpc) is 2.93. The molecule has 1 N–H and O–H groups in total. The summed E-state index contributed by atoms with van der Waals surface area (Å²) in [6.07, 6.45) is 1.34. The van der Waals surface area contributed by atoms with E-state index in [1.807, 2.05) is 12.1 Å². The SMILES string of the molecule is COc1cc(CNC2CCS(=O)(=O)CC2)cc2c1OCO2. The van der Waals surface area contributed by atoms with E-state index in [1.54, 1.807) is 7.11 Å². The third kappa shape index (κ3) is 3.24. The number of fused-ring (bicyclic) bond motifs is 1. The van der Waals surface area contributed by atoms with Crippen molar-refractivity contribution < 1.29 is 22.6 Å². The molecular formula is C14H19NO5S. The van der Waals surface area contributed by atoms with Crippen molar-refractivity contribution in [1.29, 1.82) is 0 Å². The molecular weight excluding hydrogens is 294 g/mol. The Balaban J connectivity index is 1.64. The Labute approximate surface area is 124 Å². The number of methoxy groups -OCH3 is 1. The molecule has 2 heterocycles. The molecule has 7 heteroatoms. The average molecular weight is 313 g/mol. The molecule has 0 bridgehead atoms. The minimum Gasteiger partial charge on any atom is -0.493 e. The molecule has 0 aromatic heterocycles. The molecule has 0 radical (unpaired) electrons. The summed E-state index contributed by atoms with van der Waals surface area (Å²) in [5, 5.41) is 3.40. The van der Waals surface area contributed by atoms with Gasteiger partial charge in [-0.3, -0.25) is 0 Å². The number of sulfone groups is 1. The highest BCUT2D eigenvalue weighted by Crippen LogP contribution is 2.41. The second-order valence-corrected chi connectivity index (χ2v) is 7.64. The summed E-state index contributed by atoms with van der Waals surface area (Å²) in [5.41, 5.74) is 1.03. The van der Waals surface area contributed by atoms with Crippen LogP contribution in [-0.2, 0) is 16.4 Å². The van der Waals surface area contributed by atoms with Crippen molar-refractivity contribution in [2.24, 2.45) is 0 Å². The number of benzene rings is 1. The minimum atomic E-state index is -2.81. The van der Waals surface area contributed by atoms with E-state index in [-0.39, 0.29) is 24.3 Å². The van der Waals surface area contributed by atoms with Crippen LogP contribution in [0.15, 0.2) is 12.1 Å². The predicted octanol–water partition coefficient (Wildman–Crippen LogP) is 1.09. The topological polar surface area (TPSA) is 73.9 Å². The van der Waals surface area contributed by atoms with Crippen LogP contribution in [0.5, 0.6) is 17.2 Å². The van der Waals surface area contributed by atoms with E-state index < -0.39 is 9.84 Å². The van der Waals surface area contributed by atoms with Gasteiger partial charge in [0.15, 0.2) is 11.5 Å². The van der Waals surface area contributed by atoms with Crippen molar-refractivity contribution >= 4 is 9.84 Å². The second-order valence-electron chi connectivity index (χ2n) is 5.34. The summed E-state index contributed by atoms with van der Waals surface area (Å²) in [6.45, 7) is 0.862. The van der Waals surface area contributed by atoms with Crippen LogP contribution in [0.2, 0.25) is 0 Å². The standard InChI is InChI=1S/C14H19NO5S/c1-18-12-6-10(7-13-14(12)20-9-19-13)8-15-11-2-4-21(16,17)5-3-11/h6-7,11,15H,2-5,8-9H2,1H3. The zero-order valence-electron chi connectivity index (χ0n) is 11.9. The summed E-state index contributed by atoms with van der Waals surface area (Å²) in [5.74, 6) is 2.54. The Morgan fingerprint density at radius 1 is 1.29 bits per heavy atom. The lowest BCUT2D eigenvalue weighted by Crippen LogP contribution is -2.37. The van der Waals surface area contributed by atoms with Gasteiger partial charge in [-0.1, -0.05) is 0 Å². The first-order chi connectivity index (χ1) is 10.1. The third-order valence-corrected chi connectivity index (χ3v) is 5.58. The number of ether oxygens (including phenoxy) is 3. The van der Waals surface area contributed by atoms with E-state index in [9.17, 15) is 8.42 Å². The van der Waals surface area contributed by atoms with E-state index in [2.05, 4.69) is 5.32 Å². The normalized spacial score (nSPS) is 20.4. The molecule has 3 rings (SSSR count). The lowest BCUT2D eigenvalue weighted by Gasteiger charge is -2.23. The lowest BCUT2D eigenvalue weighted by atomic mass is 10.1. The molecule has 0 spiro atoms. The highest BCUT2D eigenvalue weighted by molar-refractivity contribution is 7.91. The number of nitrogens with one attached hydrogen (secondary N) is 1. The molecule has 1 saturated heterocycles. The van der Waals surface area contributed by atoms with E-state index in [4.69, 9.17) is 14.2 Å². The van der Waals surface area contributed by atoms with Crippen LogP contribution in [-0.4, -0.2) is 39.9 Å². The van der Waals surface area contributed by atoms with Crippen molar-refractivity contribution in [2.75, 3.05) is 25.4 Å². The van der Waals surface area contributed by atoms with Gasteiger partial charge in [0.05, 0.1) is 18.6 Å². The van der Waals surface area contributed by atoms with Gasteiger partial charge in [-0.05, 0) is 30.5 Å². The van der Waals surface area contributed by atoms with Gasteiger partial charge >= 0.3 is 0 Å². The molecule has 0 saturated carbocycles. The smallest absolute Gasteiger partial charge is 0.231 e. The van der Waals surface area contributed by atoms with Crippen molar-refractivity contribution in [3.8, 4) is 17.2 Å².